The molecule has 15 heavy (non-hydrogen) atoms. The van der Waals surface area contributed by atoms with Crippen molar-refractivity contribution in [2.75, 3.05) is 26.3 Å². The zero-order valence-electron chi connectivity index (χ0n) is 8.28. The Morgan fingerprint density at radius 3 is 3.33 bits per heavy atom. The van der Waals surface area contributed by atoms with Gasteiger partial charge in [-0.1, -0.05) is 0 Å². The summed E-state index contributed by atoms with van der Waals surface area (Å²) in [4.78, 5) is 3.79. The van der Waals surface area contributed by atoms with Crippen LogP contribution in [-0.4, -0.2) is 37.4 Å². The lowest BCUT2D eigenvalue weighted by Crippen LogP contribution is -2.41. The minimum Gasteiger partial charge on any atom is -0.473 e. The van der Waals surface area contributed by atoms with Crippen molar-refractivity contribution in [3.05, 3.63) is 24.1 Å². The standard InChI is InChI=1S/C10H13FN2O2/c11-9-2-1-3-13-10(9)15-7-8-6-12-4-5-14-8/h1-3,8,12H,4-7H2. The number of pyridine rings is 1. The molecule has 0 aromatic carbocycles. The average molecular weight is 212 g/mol. The van der Waals surface area contributed by atoms with Gasteiger partial charge in [-0.15, -0.1) is 0 Å². The number of hydrogen-bond donors (Lipinski definition) is 1. The van der Waals surface area contributed by atoms with Crippen LogP contribution in [0.5, 0.6) is 5.88 Å². The first kappa shape index (κ1) is 10.3. The molecule has 0 saturated carbocycles. The Bertz CT molecular complexity index is 316. The van der Waals surface area contributed by atoms with Crippen molar-refractivity contribution in [3.8, 4) is 5.88 Å². The maximum atomic E-state index is 13.1. The predicted molar refractivity (Wildman–Crippen MR) is 52.3 cm³/mol. The number of nitrogens with zero attached hydrogens (tertiary/aromatic N) is 1. The minimum atomic E-state index is -0.443. The van der Waals surface area contributed by atoms with Crippen LogP contribution in [0.3, 0.4) is 0 Å². The number of aromatic nitrogens is 1. The summed E-state index contributed by atoms with van der Waals surface area (Å²) in [5.41, 5.74) is 0. The molecule has 2 heterocycles. The third-order valence-corrected chi connectivity index (χ3v) is 2.14. The predicted octanol–water partition coefficient (Wildman–Crippen LogP) is 0.588. The van der Waals surface area contributed by atoms with Gasteiger partial charge in [0.15, 0.2) is 5.82 Å². The summed E-state index contributed by atoms with van der Waals surface area (Å²) in [6, 6.07) is 2.85. The summed E-state index contributed by atoms with van der Waals surface area (Å²) in [6.07, 6.45) is 1.47. The van der Waals surface area contributed by atoms with Gasteiger partial charge in [0, 0.05) is 19.3 Å². The van der Waals surface area contributed by atoms with Gasteiger partial charge in [0.05, 0.1) is 6.61 Å². The van der Waals surface area contributed by atoms with Crippen molar-refractivity contribution < 1.29 is 13.9 Å². The van der Waals surface area contributed by atoms with Gasteiger partial charge in [-0.25, -0.2) is 9.37 Å². The van der Waals surface area contributed by atoms with Crippen molar-refractivity contribution in [1.82, 2.24) is 10.3 Å². The van der Waals surface area contributed by atoms with Crippen LogP contribution in [0.25, 0.3) is 0 Å². The summed E-state index contributed by atoms with van der Waals surface area (Å²) < 4.78 is 23.7. The number of morpholine rings is 1. The van der Waals surface area contributed by atoms with Crippen LogP contribution in [0.2, 0.25) is 0 Å². The fourth-order valence-electron chi connectivity index (χ4n) is 1.38. The van der Waals surface area contributed by atoms with E-state index in [-0.39, 0.29) is 12.0 Å². The lowest BCUT2D eigenvalue weighted by molar-refractivity contribution is -0.00156. The molecule has 1 saturated heterocycles. The maximum absolute atomic E-state index is 13.1. The van der Waals surface area contributed by atoms with E-state index in [0.29, 0.717) is 13.2 Å². The Labute approximate surface area is 87.4 Å². The highest BCUT2D eigenvalue weighted by atomic mass is 19.1. The van der Waals surface area contributed by atoms with E-state index in [4.69, 9.17) is 9.47 Å². The van der Waals surface area contributed by atoms with Crippen LogP contribution in [-0.2, 0) is 4.74 Å². The lowest BCUT2D eigenvalue weighted by Gasteiger charge is -2.23. The fraction of sp³-hybridized carbons (Fsp3) is 0.500. The first-order valence-corrected chi connectivity index (χ1v) is 4.92. The Morgan fingerprint density at radius 2 is 2.60 bits per heavy atom. The molecule has 0 amide bonds. The summed E-state index contributed by atoms with van der Waals surface area (Å²) in [6.45, 7) is 2.57. The van der Waals surface area contributed by atoms with Gasteiger partial charge >= 0.3 is 0 Å². The van der Waals surface area contributed by atoms with Crippen molar-refractivity contribution >= 4 is 0 Å². The Balaban J connectivity index is 1.84. The van der Waals surface area contributed by atoms with Gasteiger partial charge in [-0.05, 0) is 12.1 Å². The zero-order chi connectivity index (χ0) is 10.5. The van der Waals surface area contributed by atoms with E-state index in [1.165, 1.54) is 18.3 Å². The lowest BCUT2D eigenvalue weighted by atomic mass is 10.3. The van der Waals surface area contributed by atoms with Gasteiger partial charge in [0.1, 0.15) is 12.7 Å². The van der Waals surface area contributed by atoms with Crippen LogP contribution in [0, 0.1) is 5.82 Å². The highest BCUT2D eigenvalue weighted by Crippen LogP contribution is 2.12. The molecule has 1 aliphatic rings. The summed E-state index contributed by atoms with van der Waals surface area (Å²) in [5, 5.41) is 3.17. The van der Waals surface area contributed by atoms with Crippen molar-refractivity contribution in [2.45, 2.75) is 6.10 Å². The Hall–Kier alpha value is -1.20. The van der Waals surface area contributed by atoms with Crippen LogP contribution in [0.4, 0.5) is 4.39 Å². The number of nitrogens with one attached hydrogen (secondary N) is 1. The molecule has 0 bridgehead atoms. The third-order valence-electron chi connectivity index (χ3n) is 2.14. The molecule has 2 rings (SSSR count). The van der Waals surface area contributed by atoms with Gasteiger partial charge in [0.25, 0.3) is 0 Å². The first-order valence-electron chi connectivity index (χ1n) is 4.92. The molecule has 1 fully saturated rings. The zero-order valence-corrected chi connectivity index (χ0v) is 8.28. The van der Waals surface area contributed by atoms with Crippen molar-refractivity contribution in [1.29, 1.82) is 0 Å². The monoisotopic (exact) mass is 212 g/mol. The van der Waals surface area contributed by atoms with E-state index in [9.17, 15) is 4.39 Å². The minimum absolute atomic E-state index is 0.0276. The van der Waals surface area contributed by atoms with Gasteiger partial charge < -0.3 is 14.8 Å². The summed E-state index contributed by atoms with van der Waals surface area (Å²) in [5.74, 6) is -0.409. The second kappa shape index (κ2) is 5.04. The SMILES string of the molecule is Fc1cccnc1OCC1CNCCO1. The van der Waals surface area contributed by atoms with E-state index in [0.717, 1.165) is 13.1 Å². The van der Waals surface area contributed by atoms with E-state index in [1.807, 2.05) is 0 Å². The molecule has 1 aromatic heterocycles. The molecule has 0 radical (unpaired) electrons. The molecular weight excluding hydrogens is 199 g/mol. The fourth-order valence-corrected chi connectivity index (χ4v) is 1.38. The van der Waals surface area contributed by atoms with Gasteiger partial charge in [0.2, 0.25) is 5.88 Å². The van der Waals surface area contributed by atoms with Gasteiger partial charge in [-0.3, -0.25) is 0 Å². The average Bonchev–Trinajstić information content (AvgIpc) is 2.29. The molecule has 1 N–H and O–H groups in total. The summed E-state index contributed by atoms with van der Waals surface area (Å²) >= 11 is 0. The number of hydrogen-bond acceptors (Lipinski definition) is 4. The highest BCUT2D eigenvalue weighted by Gasteiger charge is 2.15. The first-order chi connectivity index (χ1) is 7.36. The number of halogens is 1. The Kier molecular flexibility index (Phi) is 3.47. The van der Waals surface area contributed by atoms with Crippen LogP contribution in [0.15, 0.2) is 18.3 Å². The molecule has 82 valence electrons. The molecule has 1 aliphatic heterocycles. The van der Waals surface area contributed by atoms with Crippen molar-refractivity contribution in [2.24, 2.45) is 0 Å². The molecule has 0 spiro atoms. The number of ether oxygens (including phenoxy) is 2. The Morgan fingerprint density at radius 1 is 1.67 bits per heavy atom. The van der Waals surface area contributed by atoms with Crippen molar-refractivity contribution in [3.63, 3.8) is 0 Å². The second-order valence-electron chi connectivity index (χ2n) is 3.30. The summed E-state index contributed by atoms with van der Waals surface area (Å²) in [7, 11) is 0. The highest BCUT2D eigenvalue weighted by molar-refractivity contribution is 5.12. The van der Waals surface area contributed by atoms with Crippen LogP contribution < -0.4 is 10.1 Å². The van der Waals surface area contributed by atoms with E-state index in [1.54, 1.807) is 0 Å². The maximum Gasteiger partial charge on any atom is 0.250 e. The third kappa shape index (κ3) is 2.87. The quantitative estimate of drug-likeness (QED) is 0.796. The molecule has 1 atom stereocenters. The van der Waals surface area contributed by atoms with E-state index < -0.39 is 5.82 Å². The molecule has 1 unspecified atom stereocenters. The molecule has 1 aromatic rings. The van der Waals surface area contributed by atoms with Crippen LogP contribution in [0.1, 0.15) is 0 Å². The second-order valence-corrected chi connectivity index (χ2v) is 3.30. The smallest absolute Gasteiger partial charge is 0.250 e. The molecule has 5 heteroatoms. The van der Waals surface area contributed by atoms with Crippen LogP contribution >= 0.6 is 0 Å². The van der Waals surface area contributed by atoms with E-state index >= 15 is 0 Å². The normalized spacial score (nSPS) is 21.3. The molecule has 0 aliphatic carbocycles. The largest absolute Gasteiger partial charge is 0.473 e. The topological polar surface area (TPSA) is 43.4 Å². The number of rotatable bonds is 3. The molecular formula is C10H13FN2O2. The van der Waals surface area contributed by atoms with Gasteiger partial charge in [-0.2, -0.15) is 0 Å². The molecule has 4 nitrogen and oxygen atoms in total. The van der Waals surface area contributed by atoms with E-state index in [2.05, 4.69) is 10.3 Å².